The molecule has 1 aromatic heterocycles. The molecule has 0 aliphatic heterocycles. The molecule has 0 fully saturated rings. The van der Waals surface area contributed by atoms with Gasteiger partial charge in [-0.3, -0.25) is 4.79 Å². The van der Waals surface area contributed by atoms with E-state index in [9.17, 15) is 4.79 Å². The highest BCUT2D eigenvalue weighted by molar-refractivity contribution is 5.91. The van der Waals surface area contributed by atoms with Crippen LogP contribution >= 0.6 is 0 Å². The third kappa shape index (κ3) is 5.16. The number of rotatable bonds is 9. The summed E-state index contributed by atoms with van der Waals surface area (Å²) in [6, 6.07) is 1.58. The molecular formula is C13H23N5O3. The standard InChI is InChI=1S/C13H23N5O3/c1-17(5-7-20-3)11-9-10(12(14)19)15-13(16-11)18(2)6-8-21-4/h9H,5-8H2,1-4H3,(H2,14,19). The third-order valence-corrected chi connectivity index (χ3v) is 2.95. The van der Waals surface area contributed by atoms with E-state index >= 15 is 0 Å². The summed E-state index contributed by atoms with van der Waals surface area (Å²) in [7, 11) is 6.95. The molecule has 0 spiro atoms. The van der Waals surface area contributed by atoms with Gasteiger partial charge in [-0.25, -0.2) is 4.98 Å². The van der Waals surface area contributed by atoms with E-state index < -0.39 is 5.91 Å². The topological polar surface area (TPSA) is 93.8 Å². The molecule has 0 saturated heterocycles. The summed E-state index contributed by atoms with van der Waals surface area (Å²) in [5, 5.41) is 0. The number of carbonyl (C=O) groups excluding carboxylic acids is 1. The second kappa shape index (κ2) is 8.38. The molecule has 0 unspecified atom stereocenters. The SMILES string of the molecule is COCCN(C)c1cc(C(N)=O)nc(N(C)CCOC)n1. The number of amides is 1. The molecule has 21 heavy (non-hydrogen) atoms. The molecule has 2 N–H and O–H groups in total. The van der Waals surface area contributed by atoms with Crippen molar-refractivity contribution in [1.29, 1.82) is 0 Å². The third-order valence-electron chi connectivity index (χ3n) is 2.95. The first-order chi connectivity index (χ1) is 9.99. The molecular weight excluding hydrogens is 274 g/mol. The number of primary amides is 1. The summed E-state index contributed by atoms with van der Waals surface area (Å²) in [5.74, 6) is 0.470. The predicted molar refractivity (Wildman–Crippen MR) is 80.8 cm³/mol. The van der Waals surface area contributed by atoms with Crippen LogP contribution in [0.1, 0.15) is 10.5 Å². The van der Waals surface area contributed by atoms with E-state index in [-0.39, 0.29) is 5.69 Å². The summed E-state index contributed by atoms with van der Waals surface area (Å²) in [6.45, 7) is 2.35. The predicted octanol–water partition coefficient (Wildman–Crippen LogP) is -0.259. The molecule has 8 nitrogen and oxygen atoms in total. The fourth-order valence-electron chi connectivity index (χ4n) is 1.59. The smallest absolute Gasteiger partial charge is 0.267 e. The fourth-order valence-corrected chi connectivity index (χ4v) is 1.59. The Morgan fingerprint density at radius 1 is 1.14 bits per heavy atom. The zero-order valence-electron chi connectivity index (χ0n) is 13.0. The number of ether oxygens (including phenoxy) is 2. The Balaban J connectivity index is 3.02. The fraction of sp³-hybridized carbons (Fsp3) is 0.615. The van der Waals surface area contributed by atoms with Crippen LogP contribution in [-0.4, -0.2) is 70.5 Å². The highest BCUT2D eigenvalue weighted by Crippen LogP contribution is 2.15. The van der Waals surface area contributed by atoms with E-state index in [0.29, 0.717) is 38.1 Å². The lowest BCUT2D eigenvalue weighted by Gasteiger charge is -2.22. The maximum Gasteiger partial charge on any atom is 0.267 e. The van der Waals surface area contributed by atoms with Crippen LogP contribution in [0.15, 0.2) is 6.07 Å². The molecule has 0 radical (unpaired) electrons. The van der Waals surface area contributed by atoms with E-state index in [0.717, 1.165) is 0 Å². The van der Waals surface area contributed by atoms with Crippen LogP contribution in [0.2, 0.25) is 0 Å². The zero-order valence-corrected chi connectivity index (χ0v) is 13.0. The Kier molecular flexibility index (Phi) is 6.83. The molecule has 0 bridgehead atoms. The van der Waals surface area contributed by atoms with Crippen molar-refractivity contribution in [1.82, 2.24) is 9.97 Å². The number of methoxy groups -OCH3 is 2. The van der Waals surface area contributed by atoms with Crippen LogP contribution in [0.3, 0.4) is 0 Å². The van der Waals surface area contributed by atoms with Crippen molar-refractivity contribution in [2.45, 2.75) is 0 Å². The second-order valence-electron chi connectivity index (χ2n) is 4.60. The molecule has 0 aliphatic rings. The lowest BCUT2D eigenvalue weighted by molar-refractivity contribution is 0.0995. The van der Waals surface area contributed by atoms with E-state index in [4.69, 9.17) is 15.2 Å². The molecule has 0 aliphatic carbocycles. The lowest BCUT2D eigenvalue weighted by atomic mass is 10.3. The van der Waals surface area contributed by atoms with E-state index in [1.54, 1.807) is 20.3 Å². The minimum atomic E-state index is -0.583. The molecule has 1 amide bonds. The Hall–Kier alpha value is -1.93. The van der Waals surface area contributed by atoms with Gasteiger partial charge in [0.1, 0.15) is 11.5 Å². The highest BCUT2D eigenvalue weighted by Gasteiger charge is 2.14. The number of likely N-dealkylation sites (N-methyl/N-ethyl adjacent to an activating group) is 2. The largest absolute Gasteiger partial charge is 0.383 e. The number of hydrogen-bond acceptors (Lipinski definition) is 7. The summed E-state index contributed by atoms with van der Waals surface area (Å²) in [4.78, 5) is 23.7. The zero-order chi connectivity index (χ0) is 15.8. The summed E-state index contributed by atoms with van der Waals surface area (Å²) in [5.41, 5.74) is 5.52. The number of carbonyl (C=O) groups is 1. The van der Waals surface area contributed by atoms with Crippen LogP contribution in [0.4, 0.5) is 11.8 Å². The van der Waals surface area contributed by atoms with Gasteiger partial charge in [0.25, 0.3) is 5.91 Å². The average molecular weight is 297 g/mol. The van der Waals surface area contributed by atoms with Gasteiger partial charge in [-0.1, -0.05) is 0 Å². The van der Waals surface area contributed by atoms with Crippen LogP contribution in [0, 0.1) is 0 Å². The first-order valence-corrected chi connectivity index (χ1v) is 6.58. The van der Waals surface area contributed by atoms with Gasteiger partial charge in [0, 0.05) is 47.5 Å². The minimum absolute atomic E-state index is 0.184. The maximum atomic E-state index is 11.4. The number of hydrogen-bond donors (Lipinski definition) is 1. The van der Waals surface area contributed by atoms with Gasteiger partial charge >= 0.3 is 0 Å². The average Bonchev–Trinajstić information content (AvgIpc) is 2.49. The van der Waals surface area contributed by atoms with Gasteiger partial charge in [-0.05, 0) is 0 Å². The minimum Gasteiger partial charge on any atom is -0.383 e. The van der Waals surface area contributed by atoms with Crippen molar-refractivity contribution in [2.24, 2.45) is 5.73 Å². The number of anilines is 2. The Labute approximate surface area is 124 Å². The highest BCUT2D eigenvalue weighted by atomic mass is 16.5. The van der Waals surface area contributed by atoms with Gasteiger partial charge < -0.3 is 25.0 Å². The molecule has 0 aromatic carbocycles. The van der Waals surface area contributed by atoms with Crippen molar-refractivity contribution >= 4 is 17.7 Å². The van der Waals surface area contributed by atoms with Crippen molar-refractivity contribution < 1.29 is 14.3 Å². The molecule has 1 aromatic rings. The Bertz CT molecular complexity index is 437. The normalized spacial score (nSPS) is 10.5. The van der Waals surface area contributed by atoms with Crippen LogP contribution in [0.25, 0.3) is 0 Å². The molecule has 0 saturated carbocycles. The van der Waals surface area contributed by atoms with Crippen molar-refractivity contribution in [3.05, 3.63) is 11.8 Å². The monoisotopic (exact) mass is 297 g/mol. The van der Waals surface area contributed by atoms with Gasteiger partial charge in [0.05, 0.1) is 13.2 Å². The number of nitrogens with zero attached hydrogens (tertiary/aromatic N) is 4. The van der Waals surface area contributed by atoms with Gasteiger partial charge in [0.15, 0.2) is 0 Å². The van der Waals surface area contributed by atoms with Gasteiger partial charge in [-0.2, -0.15) is 4.98 Å². The van der Waals surface area contributed by atoms with Crippen LogP contribution < -0.4 is 15.5 Å². The summed E-state index contributed by atoms with van der Waals surface area (Å²) < 4.78 is 10.1. The second-order valence-corrected chi connectivity index (χ2v) is 4.60. The Morgan fingerprint density at radius 3 is 2.24 bits per heavy atom. The van der Waals surface area contributed by atoms with Gasteiger partial charge in [0.2, 0.25) is 5.95 Å². The van der Waals surface area contributed by atoms with E-state index in [1.807, 2.05) is 23.9 Å². The summed E-state index contributed by atoms with van der Waals surface area (Å²) in [6.07, 6.45) is 0. The molecule has 1 rings (SSSR count). The lowest BCUT2D eigenvalue weighted by Crippen LogP contribution is -2.28. The number of aromatic nitrogens is 2. The van der Waals surface area contributed by atoms with Crippen molar-refractivity contribution in [3.63, 3.8) is 0 Å². The van der Waals surface area contributed by atoms with Crippen LogP contribution in [0.5, 0.6) is 0 Å². The van der Waals surface area contributed by atoms with E-state index in [1.165, 1.54) is 0 Å². The van der Waals surface area contributed by atoms with Gasteiger partial charge in [-0.15, -0.1) is 0 Å². The van der Waals surface area contributed by atoms with Crippen molar-refractivity contribution in [2.75, 3.05) is 64.4 Å². The van der Waals surface area contributed by atoms with E-state index in [2.05, 4.69) is 9.97 Å². The quantitative estimate of drug-likeness (QED) is 0.671. The Morgan fingerprint density at radius 2 is 1.71 bits per heavy atom. The molecule has 0 atom stereocenters. The molecule has 1 heterocycles. The molecule has 118 valence electrons. The van der Waals surface area contributed by atoms with Crippen molar-refractivity contribution in [3.8, 4) is 0 Å². The maximum absolute atomic E-state index is 11.4. The summed E-state index contributed by atoms with van der Waals surface area (Å²) >= 11 is 0. The number of nitrogens with two attached hydrogens (primary N) is 1. The first-order valence-electron chi connectivity index (χ1n) is 6.58. The first kappa shape index (κ1) is 17.1. The molecule has 8 heteroatoms. The van der Waals surface area contributed by atoms with Crippen LogP contribution in [-0.2, 0) is 9.47 Å².